The van der Waals surface area contributed by atoms with Crippen LogP contribution in [0.4, 0.5) is 24.5 Å². The summed E-state index contributed by atoms with van der Waals surface area (Å²) >= 11 is 0. The maximum absolute atomic E-state index is 13.4. The number of benzene rings is 3. The van der Waals surface area contributed by atoms with Crippen molar-refractivity contribution in [3.63, 3.8) is 0 Å². The summed E-state index contributed by atoms with van der Waals surface area (Å²) in [6, 6.07) is 21.5. The first-order valence-corrected chi connectivity index (χ1v) is 10.0. The van der Waals surface area contributed by atoms with Crippen molar-refractivity contribution in [2.24, 2.45) is 4.99 Å². The molecule has 0 bridgehead atoms. The van der Waals surface area contributed by atoms with Crippen LogP contribution in [0.1, 0.15) is 29.2 Å². The number of nitriles is 2. The molecule has 1 amide bonds. The summed E-state index contributed by atoms with van der Waals surface area (Å²) in [5, 5.41) is 18.0. The van der Waals surface area contributed by atoms with E-state index in [1.807, 2.05) is 12.1 Å². The second-order valence-electron chi connectivity index (χ2n) is 7.39. The lowest BCUT2D eigenvalue weighted by Gasteiger charge is -2.25. The molecule has 1 unspecified atom stereocenters. The Balaban J connectivity index is 1.75. The lowest BCUT2D eigenvalue weighted by Crippen LogP contribution is -2.29. The van der Waals surface area contributed by atoms with Gasteiger partial charge in [-0.15, -0.1) is 13.2 Å². The Morgan fingerprint density at radius 2 is 1.56 bits per heavy atom. The van der Waals surface area contributed by atoms with Crippen molar-refractivity contribution >= 4 is 23.0 Å². The van der Waals surface area contributed by atoms with E-state index in [0.717, 1.165) is 0 Å². The van der Waals surface area contributed by atoms with Crippen molar-refractivity contribution in [3.05, 3.63) is 89.5 Å². The van der Waals surface area contributed by atoms with Gasteiger partial charge in [0, 0.05) is 12.1 Å². The number of hydrogen-bond acceptors (Lipinski definition) is 5. The van der Waals surface area contributed by atoms with Crippen LogP contribution in [0.2, 0.25) is 0 Å². The number of aliphatic imine (C=N–C) groups is 1. The van der Waals surface area contributed by atoms with Gasteiger partial charge in [-0.05, 0) is 66.2 Å². The highest BCUT2D eigenvalue weighted by Crippen LogP contribution is 2.38. The number of hydrogen-bond donors (Lipinski definition) is 0. The van der Waals surface area contributed by atoms with Gasteiger partial charge in [-0.1, -0.05) is 12.1 Å². The molecule has 34 heavy (non-hydrogen) atoms. The van der Waals surface area contributed by atoms with Crippen LogP contribution in [-0.4, -0.2) is 18.0 Å². The molecule has 1 aliphatic heterocycles. The molecule has 0 spiro atoms. The van der Waals surface area contributed by atoms with Gasteiger partial charge in [0.05, 0.1) is 35.0 Å². The fourth-order valence-electron chi connectivity index (χ4n) is 3.68. The zero-order valence-corrected chi connectivity index (χ0v) is 17.5. The molecule has 1 aliphatic rings. The molecule has 6 nitrogen and oxygen atoms in total. The Bertz CT molecular complexity index is 1330. The Kier molecular flexibility index (Phi) is 6.03. The molecule has 0 N–H and O–H groups in total. The van der Waals surface area contributed by atoms with E-state index in [1.165, 1.54) is 23.1 Å². The van der Waals surface area contributed by atoms with Crippen molar-refractivity contribution in [2.45, 2.75) is 18.8 Å². The highest BCUT2D eigenvalue weighted by Gasteiger charge is 2.39. The number of rotatable bonds is 4. The van der Waals surface area contributed by atoms with E-state index >= 15 is 0 Å². The van der Waals surface area contributed by atoms with Crippen LogP contribution in [0.3, 0.4) is 0 Å². The van der Waals surface area contributed by atoms with Gasteiger partial charge in [0.15, 0.2) is 0 Å². The molecule has 3 aromatic carbocycles. The van der Waals surface area contributed by atoms with Crippen molar-refractivity contribution in [1.82, 2.24) is 0 Å². The molecule has 0 aromatic heterocycles. The Morgan fingerprint density at radius 3 is 2.15 bits per heavy atom. The normalized spacial score (nSPS) is 16.9. The summed E-state index contributed by atoms with van der Waals surface area (Å²) in [6.07, 6.45) is -4.71. The molecular weight excluding hydrogens is 445 g/mol. The second-order valence-corrected chi connectivity index (χ2v) is 7.39. The van der Waals surface area contributed by atoms with E-state index in [-0.39, 0.29) is 12.1 Å². The predicted molar refractivity (Wildman–Crippen MR) is 117 cm³/mol. The summed E-state index contributed by atoms with van der Waals surface area (Å²) in [5.41, 5.74) is 2.43. The summed E-state index contributed by atoms with van der Waals surface area (Å²) in [5.74, 6) is -0.809. The number of nitrogens with zero attached hydrogens (tertiary/aromatic N) is 4. The molecule has 0 aliphatic carbocycles. The van der Waals surface area contributed by atoms with Gasteiger partial charge in [-0.3, -0.25) is 9.69 Å². The average molecular weight is 460 g/mol. The number of carbonyl (C=O) groups is 1. The average Bonchev–Trinajstić information content (AvgIpc) is 3.14. The smallest absolute Gasteiger partial charge is 0.406 e. The minimum Gasteiger partial charge on any atom is -0.406 e. The molecule has 9 heteroatoms. The molecular formula is C25H15F3N4O2. The van der Waals surface area contributed by atoms with Crippen LogP contribution in [-0.2, 0) is 4.79 Å². The van der Waals surface area contributed by atoms with Gasteiger partial charge in [0.1, 0.15) is 11.5 Å². The number of alkyl halides is 3. The fourth-order valence-corrected chi connectivity index (χ4v) is 3.68. The van der Waals surface area contributed by atoms with Crippen LogP contribution in [0.5, 0.6) is 5.75 Å². The lowest BCUT2D eigenvalue weighted by molar-refractivity contribution is -0.274. The third kappa shape index (κ3) is 4.89. The maximum atomic E-state index is 13.4. The Hall–Kier alpha value is -4.63. The van der Waals surface area contributed by atoms with E-state index in [9.17, 15) is 18.0 Å². The fraction of sp³-hybridized carbons (Fsp3) is 0.120. The quantitative estimate of drug-likeness (QED) is 0.508. The van der Waals surface area contributed by atoms with Crippen LogP contribution in [0, 0.1) is 22.7 Å². The minimum absolute atomic E-state index is 0.133. The number of amides is 1. The number of halogens is 3. The summed E-state index contributed by atoms with van der Waals surface area (Å²) < 4.78 is 42.2. The standard InChI is InChI=1S/C25H15F3N4O2/c26-25(27,28)34-21-3-1-2-18(12-21)23-13-22(31-19-8-4-16(14-29)5-9-19)24(33)32(23)20-10-6-17(15-30)7-11-20/h1-12,23H,13H2. The van der Waals surface area contributed by atoms with Crippen molar-refractivity contribution in [3.8, 4) is 17.9 Å². The van der Waals surface area contributed by atoms with E-state index in [0.29, 0.717) is 28.1 Å². The molecule has 168 valence electrons. The van der Waals surface area contributed by atoms with Gasteiger partial charge >= 0.3 is 6.36 Å². The molecule has 1 atom stereocenters. The van der Waals surface area contributed by atoms with Crippen LogP contribution < -0.4 is 9.64 Å². The Labute approximate surface area is 192 Å². The topological polar surface area (TPSA) is 89.5 Å². The van der Waals surface area contributed by atoms with Gasteiger partial charge < -0.3 is 4.74 Å². The van der Waals surface area contributed by atoms with Crippen LogP contribution in [0.25, 0.3) is 0 Å². The minimum atomic E-state index is -4.85. The summed E-state index contributed by atoms with van der Waals surface area (Å²) in [4.78, 5) is 19.2. The molecule has 1 saturated heterocycles. The molecule has 1 heterocycles. The van der Waals surface area contributed by atoms with Gasteiger partial charge in [-0.25, -0.2) is 4.99 Å². The first-order valence-electron chi connectivity index (χ1n) is 10.0. The third-order valence-electron chi connectivity index (χ3n) is 5.18. The highest BCUT2D eigenvalue weighted by atomic mass is 19.4. The monoisotopic (exact) mass is 460 g/mol. The van der Waals surface area contributed by atoms with Gasteiger partial charge in [0.25, 0.3) is 5.91 Å². The zero-order valence-electron chi connectivity index (χ0n) is 17.5. The van der Waals surface area contributed by atoms with Crippen molar-refractivity contribution in [1.29, 1.82) is 10.5 Å². The first kappa shape index (κ1) is 22.6. The van der Waals surface area contributed by atoms with E-state index < -0.39 is 24.1 Å². The molecule has 3 aromatic rings. The lowest BCUT2D eigenvalue weighted by atomic mass is 10.0. The molecule has 0 radical (unpaired) electrons. The number of carbonyl (C=O) groups excluding carboxylic acids is 1. The van der Waals surface area contributed by atoms with Gasteiger partial charge in [0.2, 0.25) is 0 Å². The predicted octanol–water partition coefficient (Wildman–Crippen LogP) is 5.58. The molecule has 0 saturated carbocycles. The molecule has 1 fully saturated rings. The highest BCUT2D eigenvalue weighted by molar-refractivity contribution is 6.46. The number of anilines is 1. The summed E-state index contributed by atoms with van der Waals surface area (Å²) in [7, 11) is 0. The molecule has 4 rings (SSSR count). The van der Waals surface area contributed by atoms with Crippen molar-refractivity contribution < 1.29 is 22.7 Å². The number of ether oxygens (including phenoxy) is 1. The van der Waals surface area contributed by atoms with Crippen LogP contribution >= 0.6 is 0 Å². The summed E-state index contributed by atoms with van der Waals surface area (Å²) in [6.45, 7) is 0. The maximum Gasteiger partial charge on any atom is 0.573 e. The Morgan fingerprint density at radius 1 is 0.941 bits per heavy atom. The second kappa shape index (κ2) is 9.08. The SMILES string of the molecule is N#Cc1ccc(N=C2CC(c3cccc(OC(F)(F)F)c3)N(c3ccc(C#N)cc3)C2=O)cc1. The zero-order chi connectivity index (χ0) is 24.3. The van der Waals surface area contributed by atoms with E-state index in [4.69, 9.17) is 10.5 Å². The third-order valence-corrected chi connectivity index (χ3v) is 5.18. The first-order chi connectivity index (χ1) is 16.3. The van der Waals surface area contributed by atoms with Crippen molar-refractivity contribution in [2.75, 3.05) is 4.90 Å². The van der Waals surface area contributed by atoms with Gasteiger partial charge in [-0.2, -0.15) is 10.5 Å². The van der Waals surface area contributed by atoms with Crippen LogP contribution in [0.15, 0.2) is 77.8 Å². The van der Waals surface area contributed by atoms with E-state index in [1.54, 1.807) is 54.6 Å². The van der Waals surface area contributed by atoms with E-state index in [2.05, 4.69) is 9.73 Å². The largest absolute Gasteiger partial charge is 0.573 e.